The summed E-state index contributed by atoms with van der Waals surface area (Å²) in [4.78, 5) is 28.1. The fraction of sp³-hybridized carbons (Fsp3) is 0.158. The first-order valence-corrected chi connectivity index (χ1v) is 8.29. The summed E-state index contributed by atoms with van der Waals surface area (Å²) in [6.45, 7) is 0.0759. The number of nitrogens with zero attached hydrogens (tertiary/aromatic N) is 2. The molecule has 2 N–H and O–H groups in total. The average molecular weight is 388 g/mol. The van der Waals surface area contributed by atoms with Crippen molar-refractivity contribution in [2.24, 2.45) is 0 Å². The third-order valence-corrected chi connectivity index (χ3v) is 3.98. The highest BCUT2D eigenvalue weighted by Crippen LogP contribution is 2.29. The minimum Gasteiger partial charge on any atom is -0.352 e. The van der Waals surface area contributed by atoms with Gasteiger partial charge in [-0.2, -0.15) is 18.3 Å². The van der Waals surface area contributed by atoms with Crippen molar-refractivity contribution in [2.75, 3.05) is 6.54 Å². The number of rotatable bonds is 5. The molecule has 0 bridgehead atoms. The number of halogens is 3. The number of amides is 1. The van der Waals surface area contributed by atoms with Crippen LogP contribution in [0.15, 0.2) is 59.7 Å². The van der Waals surface area contributed by atoms with E-state index >= 15 is 0 Å². The summed E-state index contributed by atoms with van der Waals surface area (Å²) in [5.41, 5.74) is -0.0466. The smallest absolute Gasteiger partial charge is 0.352 e. The quantitative estimate of drug-likeness (QED) is 0.704. The van der Waals surface area contributed by atoms with Gasteiger partial charge in [-0.25, -0.2) is 5.10 Å². The van der Waals surface area contributed by atoms with Gasteiger partial charge in [0.15, 0.2) is 0 Å². The van der Waals surface area contributed by atoms with E-state index in [1.165, 1.54) is 12.1 Å². The SMILES string of the molecule is O=C(NCCc1cccc(C(F)(F)F)c1)c1cc(-c2ccncc2)n[nH]c1=O. The van der Waals surface area contributed by atoms with Crippen LogP contribution in [0.1, 0.15) is 21.5 Å². The Morgan fingerprint density at radius 1 is 1.11 bits per heavy atom. The predicted octanol–water partition coefficient (Wildman–Crippen LogP) is 2.82. The zero-order valence-corrected chi connectivity index (χ0v) is 14.5. The summed E-state index contributed by atoms with van der Waals surface area (Å²) in [6, 6.07) is 9.59. The molecule has 0 atom stereocenters. The summed E-state index contributed by atoms with van der Waals surface area (Å²) in [6.07, 6.45) is -1.13. The third kappa shape index (κ3) is 4.61. The number of H-pyrrole nitrogens is 1. The van der Waals surface area contributed by atoms with Crippen molar-refractivity contribution in [3.8, 4) is 11.3 Å². The van der Waals surface area contributed by atoms with Gasteiger partial charge < -0.3 is 5.32 Å². The van der Waals surface area contributed by atoms with Crippen LogP contribution in [0.2, 0.25) is 0 Å². The van der Waals surface area contributed by atoms with Crippen molar-refractivity contribution in [1.82, 2.24) is 20.5 Å². The van der Waals surface area contributed by atoms with Crippen LogP contribution in [-0.4, -0.2) is 27.6 Å². The van der Waals surface area contributed by atoms with Crippen LogP contribution >= 0.6 is 0 Å². The zero-order chi connectivity index (χ0) is 20.1. The van der Waals surface area contributed by atoms with Crippen molar-refractivity contribution < 1.29 is 18.0 Å². The molecule has 9 heteroatoms. The fourth-order valence-electron chi connectivity index (χ4n) is 2.56. The molecule has 144 valence electrons. The first-order chi connectivity index (χ1) is 13.3. The largest absolute Gasteiger partial charge is 0.416 e. The molecule has 2 aromatic heterocycles. The molecule has 1 aromatic carbocycles. The lowest BCUT2D eigenvalue weighted by Crippen LogP contribution is -2.31. The molecule has 0 aliphatic heterocycles. The molecule has 0 spiro atoms. The molecular formula is C19H15F3N4O2. The Balaban J connectivity index is 1.68. The zero-order valence-electron chi connectivity index (χ0n) is 14.5. The minimum atomic E-state index is -4.42. The second-order valence-electron chi connectivity index (χ2n) is 5.94. The molecule has 2 heterocycles. The van der Waals surface area contributed by atoms with Crippen LogP contribution in [0.3, 0.4) is 0 Å². The molecule has 28 heavy (non-hydrogen) atoms. The van der Waals surface area contributed by atoms with Crippen molar-refractivity contribution in [3.05, 3.63) is 81.9 Å². The standard InChI is InChI=1S/C19H15F3N4O2/c20-19(21,22)14-3-1-2-12(10-14)4-9-24-17(27)15-11-16(25-26-18(15)28)13-5-7-23-8-6-13/h1-3,5-8,10-11H,4,9H2,(H,24,27)(H,26,28). The van der Waals surface area contributed by atoms with Crippen molar-refractivity contribution >= 4 is 5.91 Å². The molecule has 0 saturated carbocycles. The third-order valence-electron chi connectivity index (χ3n) is 3.98. The van der Waals surface area contributed by atoms with E-state index in [4.69, 9.17) is 0 Å². The molecule has 1 amide bonds. The Bertz CT molecular complexity index is 1030. The van der Waals surface area contributed by atoms with E-state index in [-0.39, 0.29) is 18.5 Å². The Kier molecular flexibility index (Phi) is 5.53. The van der Waals surface area contributed by atoms with Gasteiger partial charge in [0.1, 0.15) is 5.56 Å². The highest BCUT2D eigenvalue weighted by molar-refractivity contribution is 5.94. The monoisotopic (exact) mass is 388 g/mol. The lowest BCUT2D eigenvalue weighted by Gasteiger charge is -2.09. The van der Waals surface area contributed by atoms with Crippen LogP contribution in [0.4, 0.5) is 13.2 Å². The van der Waals surface area contributed by atoms with Crippen molar-refractivity contribution in [2.45, 2.75) is 12.6 Å². The normalized spacial score (nSPS) is 11.2. The van der Waals surface area contributed by atoms with E-state index < -0.39 is 23.2 Å². The number of nitrogens with one attached hydrogen (secondary N) is 2. The maximum Gasteiger partial charge on any atom is 0.416 e. The lowest BCUT2D eigenvalue weighted by atomic mass is 10.1. The van der Waals surface area contributed by atoms with Crippen LogP contribution in [0.5, 0.6) is 0 Å². The lowest BCUT2D eigenvalue weighted by molar-refractivity contribution is -0.137. The minimum absolute atomic E-state index is 0.0759. The van der Waals surface area contributed by atoms with E-state index in [0.29, 0.717) is 16.8 Å². The van der Waals surface area contributed by atoms with Gasteiger partial charge >= 0.3 is 6.18 Å². The number of hydrogen-bond acceptors (Lipinski definition) is 4. The number of carbonyl (C=O) groups is 1. The molecule has 0 fully saturated rings. The summed E-state index contributed by atoms with van der Waals surface area (Å²) in [7, 11) is 0. The number of aromatic nitrogens is 3. The average Bonchev–Trinajstić information content (AvgIpc) is 2.68. The molecule has 0 radical (unpaired) electrons. The maximum absolute atomic E-state index is 12.7. The number of benzene rings is 1. The van der Waals surface area contributed by atoms with Gasteiger partial charge in [0.2, 0.25) is 0 Å². The topological polar surface area (TPSA) is 87.7 Å². The van der Waals surface area contributed by atoms with Gasteiger partial charge in [0, 0.05) is 24.5 Å². The predicted molar refractivity (Wildman–Crippen MR) is 95.6 cm³/mol. The summed E-state index contributed by atoms with van der Waals surface area (Å²) in [5, 5.41) is 8.71. The van der Waals surface area contributed by atoms with E-state index in [0.717, 1.165) is 12.1 Å². The van der Waals surface area contributed by atoms with Crippen molar-refractivity contribution in [1.29, 1.82) is 0 Å². The van der Waals surface area contributed by atoms with Crippen LogP contribution in [0, 0.1) is 0 Å². The highest BCUT2D eigenvalue weighted by atomic mass is 19.4. The Labute approximate surface area is 157 Å². The molecule has 0 aliphatic rings. The van der Waals surface area contributed by atoms with Crippen molar-refractivity contribution in [3.63, 3.8) is 0 Å². The summed E-state index contributed by atoms with van der Waals surface area (Å²) < 4.78 is 38.2. The van der Waals surface area contributed by atoms with Gasteiger partial charge in [-0.15, -0.1) is 0 Å². The van der Waals surface area contributed by atoms with E-state index in [2.05, 4.69) is 20.5 Å². The van der Waals surface area contributed by atoms with Crippen LogP contribution < -0.4 is 10.9 Å². The Morgan fingerprint density at radius 2 is 1.86 bits per heavy atom. The first kappa shape index (κ1) is 19.3. The molecule has 6 nitrogen and oxygen atoms in total. The molecule has 0 unspecified atom stereocenters. The van der Waals surface area contributed by atoms with E-state index in [1.807, 2.05) is 0 Å². The molecule has 3 aromatic rings. The summed E-state index contributed by atoms with van der Waals surface area (Å²) in [5.74, 6) is -0.633. The number of pyridine rings is 1. The van der Waals surface area contributed by atoms with Gasteiger partial charge in [-0.05, 0) is 36.2 Å². The van der Waals surface area contributed by atoms with Gasteiger partial charge in [0.05, 0.1) is 11.3 Å². The number of aromatic amines is 1. The Hall–Kier alpha value is -3.49. The van der Waals surface area contributed by atoms with Gasteiger partial charge in [0.25, 0.3) is 11.5 Å². The number of alkyl halides is 3. The first-order valence-electron chi connectivity index (χ1n) is 8.29. The molecule has 3 rings (SSSR count). The second kappa shape index (κ2) is 8.03. The van der Waals surface area contributed by atoms with Gasteiger partial charge in [-0.1, -0.05) is 18.2 Å². The number of hydrogen-bond donors (Lipinski definition) is 2. The maximum atomic E-state index is 12.7. The number of carbonyl (C=O) groups excluding carboxylic acids is 1. The van der Waals surface area contributed by atoms with Gasteiger partial charge in [-0.3, -0.25) is 14.6 Å². The molecule has 0 aliphatic carbocycles. The van der Waals surface area contributed by atoms with E-state index in [1.54, 1.807) is 30.6 Å². The molecule has 0 saturated heterocycles. The van der Waals surface area contributed by atoms with Crippen LogP contribution in [0.25, 0.3) is 11.3 Å². The molecular weight excluding hydrogens is 373 g/mol. The Morgan fingerprint density at radius 3 is 2.57 bits per heavy atom. The van der Waals surface area contributed by atoms with Crippen LogP contribution in [-0.2, 0) is 12.6 Å². The fourth-order valence-corrected chi connectivity index (χ4v) is 2.56. The highest BCUT2D eigenvalue weighted by Gasteiger charge is 2.30. The summed E-state index contributed by atoms with van der Waals surface area (Å²) >= 11 is 0. The van der Waals surface area contributed by atoms with E-state index in [9.17, 15) is 22.8 Å². The second-order valence-corrected chi connectivity index (χ2v) is 5.94.